The van der Waals surface area contributed by atoms with E-state index in [1.807, 2.05) is 6.92 Å². The van der Waals surface area contributed by atoms with Crippen LogP contribution in [0.25, 0.3) is 0 Å². The molecule has 1 heterocycles. The maximum absolute atomic E-state index is 13.5. The number of rotatable bonds is 2. The number of aliphatic imine (C=N–C) groups is 1. The number of halogens is 3. The van der Waals surface area contributed by atoms with Crippen molar-refractivity contribution in [3.63, 3.8) is 0 Å². The van der Waals surface area contributed by atoms with E-state index in [1.165, 1.54) is 17.8 Å². The van der Waals surface area contributed by atoms with Crippen molar-refractivity contribution in [3.05, 3.63) is 29.6 Å². The lowest BCUT2D eigenvalue weighted by molar-refractivity contribution is 0.449. The van der Waals surface area contributed by atoms with Crippen LogP contribution < -0.4 is 5.32 Å². The Kier molecular flexibility index (Phi) is 4.16. The lowest BCUT2D eigenvalue weighted by atomic mass is 10.2. The van der Waals surface area contributed by atoms with Gasteiger partial charge in [-0.15, -0.1) is 0 Å². The summed E-state index contributed by atoms with van der Waals surface area (Å²) >= 11 is 1.45. The van der Waals surface area contributed by atoms with Crippen LogP contribution in [-0.4, -0.2) is 17.0 Å². The van der Waals surface area contributed by atoms with E-state index < -0.39 is 17.5 Å². The normalized spacial score (nSPS) is 19.6. The molecule has 0 radical (unpaired) electrons. The molecular formula is C12H13F3N2S. The van der Waals surface area contributed by atoms with E-state index in [1.54, 1.807) is 0 Å². The zero-order valence-corrected chi connectivity index (χ0v) is 10.7. The Hall–Kier alpha value is -1.17. The molecule has 0 fully saturated rings. The molecule has 0 aromatic heterocycles. The van der Waals surface area contributed by atoms with Gasteiger partial charge in [-0.25, -0.2) is 13.2 Å². The summed E-state index contributed by atoms with van der Waals surface area (Å²) in [6, 6.07) is 2.28. The second kappa shape index (κ2) is 5.65. The minimum atomic E-state index is -1.46. The molecule has 1 N–H and O–H groups in total. The van der Waals surface area contributed by atoms with Crippen molar-refractivity contribution in [3.8, 4) is 0 Å². The molecule has 98 valence electrons. The number of hydrogen-bond donors (Lipinski definition) is 1. The summed E-state index contributed by atoms with van der Waals surface area (Å²) in [6.07, 6.45) is 1.89. The maximum atomic E-state index is 13.5. The van der Waals surface area contributed by atoms with E-state index in [-0.39, 0.29) is 11.7 Å². The molecule has 6 heteroatoms. The molecule has 1 aromatic rings. The lowest BCUT2D eigenvalue weighted by Gasteiger charge is -2.19. The van der Waals surface area contributed by atoms with Crippen LogP contribution in [0.3, 0.4) is 0 Å². The van der Waals surface area contributed by atoms with Gasteiger partial charge in [0.25, 0.3) is 0 Å². The van der Waals surface area contributed by atoms with Crippen LogP contribution in [-0.2, 0) is 0 Å². The Labute approximate surface area is 108 Å². The number of nitrogens with one attached hydrogen (secondary N) is 1. The molecule has 0 aliphatic carbocycles. The van der Waals surface area contributed by atoms with Crippen molar-refractivity contribution in [1.82, 2.24) is 0 Å². The highest BCUT2D eigenvalue weighted by atomic mass is 32.2. The van der Waals surface area contributed by atoms with Gasteiger partial charge in [-0.2, -0.15) is 0 Å². The van der Waals surface area contributed by atoms with Crippen molar-refractivity contribution in [1.29, 1.82) is 0 Å². The van der Waals surface area contributed by atoms with Gasteiger partial charge >= 0.3 is 0 Å². The minimum Gasteiger partial charge on any atom is -0.332 e. The average Bonchev–Trinajstić information content (AvgIpc) is 2.40. The molecule has 0 saturated heterocycles. The van der Waals surface area contributed by atoms with Crippen LogP contribution in [0.1, 0.15) is 19.8 Å². The summed E-state index contributed by atoms with van der Waals surface area (Å²) in [4.78, 5) is 4.37. The maximum Gasteiger partial charge on any atom is 0.196 e. The Balaban J connectivity index is 2.19. The van der Waals surface area contributed by atoms with Gasteiger partial charge in [-0.1, -0.05) is 18.7 Å². The fourth-order valence-corrected chi connectivity index (χ4v) is 2.65. The quantitative estimate of drug-likeness (QED) is 0.830. The largest absolute Gasteiger partial charge is 0.332 e. The predicted octanol–water partition coefficient (Wildman–Crippen LogP) is 3.79. The van der Waals surface area contributed by atoms with Crippen molar-refractivity contribution >= 4 is 22.6 Å². The first kappa shape index (κ1) is 13.3. The van der Waals surface area contributed by atoms with Gasteiger partial charge in [-0.3, -0.25) is 4.99 Å². The average molecular weight is 274 g/mol. The first-order valence-electron chi connectivity index (χ1n) is 5.73. The molecule has 0 saturated carbocycles. The van der Waals surface area contributed by atoms with E-state index in [9.17, 15) is 13.2 Å². The predicted molar refractivity (Wildman–Crippen MR) is 68.5 cm³/mol. The minimum absolute atomic E-state index is 0.0862. The fourth-order valence-electron chi connectivity index (χ4n) is 1.66. The topological polar surface area (TPSA) is 24.4 Å². The molecule has 0 spiro atoms. The second-order valence-corrected chi connectivity index (χ2v) is 5.06. The van der Waals surface area contributed by atoms with E-state index in [0.717, 1.165) is 24.7 Å². The van der Waals surface area contributed by atoms with Gasteiger partial charge in [0, 0.05) is 5.75 Å². The Morgan fingerprint density at radius 3 is 2.83 bits per heavy atom. The molecule has 2 nitrogen and oxygen atoms in total. The smallest absolute Gasteiger partial charge is 0.196 e. The molecule has 1 aromatic carbocycles. The monoisotopic (exact) mass is 274 g/mol. The summed E-state index contributed by atoms with van der Waals surface area (Å²) in [7, 11) is 0. The number of anilines is 1. The fraction of sp³-hybridized carbons (Fsp3) is 0.417. The Morgan fingerprint density at radius 2 is 2.11 bits per heavy atom. The van der Waals surface area contributed by atoms with Crippen LogP contribution in [0.15, 0.2) is 17.1 Å². The Bertz CT molecular complexity index is 477. The number of amidine groups is 1. The number of benzene rings is 1. The van der Waals surface area contributed by atoms with Crippen LogP contribution in [0.2, 0.25) is 0 Å². The van der Waals surface area contributed by atoms with Crippen LogP contribution in [0.5, 0.6) is 0 Å². The van der Waals surface area contributed by atoms with Gasteiger partial charge in [0.05, 0.1) is 11.7 Å². The third-order valence-corrected chi connectivity index (χ3v) is 3.66. The van der Waals surface area contributed by atoms with Crippen LogP contribution in [0, 0.1) is 17.5 Å². The highest BCUT2D eigenvalue weighted by Gasteiger charge is 2.18. The molecule has 1 atom stereocenters. The molecule has 0 bridgehead atoms. The third kappa shape index (κ3) is 2.80. The number of hydrogen-bond acceptors (Lipinski definition) is 3. The van der Waals surface area contributed by atoms with Crippen molar-refractivity contribution in [2.45, 2.75) is 25.8 Å². The van der Waals surface area contributed by atoms with E-state index in [2.05, 4.69) is 10.3 Å². The Morgan fingerprint density at radius 1 is 1.33 bits per heavy atom. The number of thioether (sulfide) groups is 1. The SMILES string of the molecule is CCC1CCSC(Nc2ccc(F)c(F)c2F)=N1. The van der Waals surface area contributed by atoms with Gasteiger partial charge in [0.15, 0.2) is 22.6 Å². The molecule has 1 aliphatic heterocycles. The standard InChI is InChI=1S/C12H13F3N2S/c1-2-7-5-6-18-12(16-7)17-9-4-3-8(13)10(14)11(9)15/h3-4,7H,2,5-6H2,1H3,(H,16,17). The summed E-state index contributed by atoms with van der Waals surface area (Å²) in [6.45, 7) is 2.03. The molecule has 1 aliphatic rings. The van der Waals surface area contributed by atoms with E-state index in [0.29, 0.717) is 5.17 Å². The molecule has 2 rings (SSSR count). The van der Waals surface area contributed by atoms with Crippen molar-refractivity contribution in [2.75, 3.05) is 11.1 Å². The number of nitrogens with zero attached hydrogens (tertiary/aromatic N) is 1. The lowest BCUT2D eigenvalue weighted by Crippen LogP contribution is -2.20. The summed E-state index contributed by atoms with van der Waals surface area (Å²) < 4.78 is 39.3. The van der Waals surface area contributed by atoms with Gasteiger partial charge in [-0.05, 0) is 25.0 Å². The van der Waals surface area contributed by atoms with E-state index in [4.69, 9.17) is 0 Å². The summed E-state index contributed by atoms with van der Waals surface area (Å²) in [5, 5.41) is 3.27. The second-order valence-electron chi connectivity index (χ2n) is 3.98. The van der Waals surface area contributed by atoms with Gasteiger partial charge in [0.1, 0.15) is 0 Å². The third-order valence-electron chi connectivity index (χ3n) is 2.74. The summed E-state index contributed by atoms with van der Waals surface area (Å²) in [5.41, 5.74) is -0.0862. The van der Waals surface area contributed by atoms with Crippen LogP contribution in [0.4, 0.5) is 18.9 Å². The zero-order chi connectivity index (χ0) is 13.1. The van der Waals surface area contributed by atoms with Crippen molar-refractivity contribution in [2.24, 2.45) is 4.99 Å². The van der Waals surface area contributed by atoms with Gasteiger partial charge in [0.2, 0.25) is 0 Å². The molecular weight excluding hydrogens is 261 g/mol. The zero-order valence-electron chi connectivity index (χ0n) is 9.84. The van der Waals surface area contributed by atoms with Crippen molar-refractivity contribution < 1.29 is 13.2 Å². The highest BCUT2D eigenvalue weighted by molar-refractivity contribution is 8.14. The molecule has 1 unspecified atom stereocenters. The summed E-state index contributed by atoms with van der Waals surface area (Å²) in [5.74, 6) is -2.98. The molecule has 0 amide bonds. The highest BCUT2D eigenvalue weighted by Crippen LogP contribution is 2.24. The first-order chi connectivity index (χ1) is 8.61. The van der Waals surface area contributed by atoms with E-state index >= 15 is 0 Å². The first-order valence-corrected chi connectivity index (χ1v) is 6.71. The van der Waals surface area contributed by atoms with Crippen LogP contribution >= 0.6 is 11.8 Å². The molecule has 18 heavy (non-hydrogen) atoms. The van der Waals surface area contributed by atoms with Gasteiger partial charge < -0.3 is 5.32 Å².